The van der Waals surface area contributed by atoms with E-state index in [4.69, 9.17) is 14.0 Å². The molecule has 154 valence electrons. The highest BCUT2D eigenvalue weighted by atomic mass is 127. The predicted octanol–water partition coefficient (Wildman–Crippen LogP) is 4.56. The number of aromatic nitrogens is 1. The van der Waals surface area contributed by atoms with Crippen molar-refractivity contribution in [2.24, 2.45) is 0 Å². The summed E-state index contributed by atoms with van der Waals surface area (Å²) in [6.45, 7) is 7.08. The van der Waals surface area contributed by atoms with Gasteiger partial charge >= 0.3 is 0 Å². The molecule has 1 heterocycles. The number of alkyl halides is 1. The Morgan fingerprint density at radius 3 is 2.86 bits per heavy atom. The van der Waals surface area contributed by atoms with Crippen LogP contribution >= 0.6 is 22.6 Å². The molecule has 0 fully saturated rings. The molecule has 0 aliphatic rings. The lowest BCUT2D eigenvalue weighted by atomic mass is 10.1. The summed E-state index contributed by atoms with van der Waals surface area (Å²) in [5.74, 6) is -2.30. The number of anilines is 1. The van der Waals surface area contributed by atoms with Crippen LogP contribution in [0.5, 0.6) is 0 Å². The molecule has 0 saturated heterocycles. The summed E-state index contributed by atoms with van der Waals surface area (Å²) in [4.78, 5) is 21.3. The van der Waals surface area contributed by atoms with Crippen molar-refractivity contribution in [3.05, 3.63) is 73.0 Å². The third-order valence-corrected chi connectivity index (χ3v) is 3.90. The average molecular weight is 517 g/mol. The van der Waals surface area contributed by atoms with Gasteiger partial charge in [0.2, 0.25) is 0 Å². The van der Waals surface area contributed by atoms with Crippen LogP contribution in [0.1, 0.15) is 10.4 Å². The van der Waals surface area contributed by atoms with E-state index in [0.29, 0.717) is 4.43 Å². The molecule has 1 aromatic heterocycles. The summed E-state index contributed by atoms with van der Waals surface area (Å²) >= 11 is 1.96. The largest absolute Gasteiger partial charge is 0.499 e. The summed E-state index contributed by atoms with van der Waals surface area (Å²) in [6.07, 6.45) is 6.20. The third-order valence-electron chi connectivity index (χ3n) is 3.46. The van der Waals surface area contributed by atoms with E-state index in [1.807, 2.05) is 22.6 Å². The van der Waals surface area contributed by atoms with Gasteiger partial charge in [-0.2, -0.15) is 0 Å². The minimum Gasteiger partial charge on any atom is -0.499 e. The Morgan fingerprint density at radius 1 is 1.38 bits per heavy atom. The van der Waals surface area contributed by atoms with Crippen LogP contribution in [0.3, 0.4) is 0 Å². The van der Waals surface area contributed by atoms with Crippen molar-refractivity contribution in [1.29, 1.82) is 0 Å². The van der Waals surface area contributed by atoms with Gasteiger partial charge in [-0.25, -0.2) is 19.2 Å². The number of carbonyl (C=O) groups is 1. The number of halogens is 3. The Bertz CT molecular complexity index is 956. The number of amides is 1. The second kappa shape index (κ2) is 11.3. The zero-order chi connectivity index (χ0) is 21.2. The summed E-state index contributed by atoms with van der Waals surface area (Å²) in [6, 6.07) is 1.28. The van der Waals surface area contributed by atoms with Gasteiger partial charge in [0, 0.05) is 4.43 Å². The van der Waals surface area contributed by atoms with E-state index in [0.717, 1.165) is 6.39 Å². The molecule has 1 amide bonds. The first kappa shape index (κ1) is 22.6. The van der Waals surface area contributed by atoms with Gasteiger partial charge in [0.25, 0.3) is 5.91 Å². The highest BCUT2D eigenvalue weighted by molar-refractivity contribution is 14.1. The molecule has 0 atom stereocenters. The first-order valence-electron chi connectivity index (χ1n) is 8.25. The van der Waals surface area contributed by atoms with E-state index < -0.39 is 17.6 Å². The zero-order valence-electron chi connectivity index (χ0n) is 15.2. The van der Waals surface area contributed by atoms with Gasteiger partial charge in [-0.15, -0.1) is 0 Å². The average Bonchev–Trinajstić information content (AvgIpc) is 3.18. The van der Waals surface area contributed by atoms with Crippen molar-refractivity contribution in [3.8, 4) is 0 Å². The summed E-state index contributed by atoms with van der Waals surface area (Å²) < 4.78 is 39.7. The van der Waals surface area contributed by atoms with E-state index in [1.165, 1.54) is 30.6 Å². The highest BCUT2D eigenvalue weighted by Crippen LogP contribution is 2.30. The molecule has 0 aliphatic carbocycles. The van der Waals surface area contributed by atoms with Gasteiger partial charge in [0.05, 0.1) is 23.2 Å². The van der Waals surface area contributed by atoms with Crippen molar-refractivity contribution in [2.75, 3.05) is 23.0 Å². The van der Waals surface area contributed by atoms with Crippen LogP contribution in [-0.2, 0) is 9.57 Å². The van der Waals surface area contributed by atoms with Crippen LogP contribution in [0, 0.1) is 5.82 Å². The van der Waals surface area contributed by atoms with Crippen molar-refractivity contribution in [1.82, 2.24) is 10.5 Å². The van der Waals surface area contributed by atoms with Gasteiger partial charge in [-0.05, 0) is 18.2 Å². The van der Waals surface area contributed by atoms with Gasteiger partial charge in [-0.3, -0.25) is 9.63 Å². The Hall–Kier alpha value is -2.73. The van der Waals surface area contributed by atoms with E-state index in [9.17, 15) is 9.18 Å². The van der Waals surface area contributed by atoms with Gasteiger partial charge in [0.15, 0.2) is 17.8 Å². The van der Waals surface area contributed by atoms with Crippen LogP contribution < -0.4 is 10.8 Å². The normalized spacial score (nSPS) is 12.0. The quantitative estimate of drug-likeness (QED) is 0.114. The SMILES string of the molecule is C=C/C=C(Nc1c(C(=O)NOCCOC=C)cc2ocnc2c1F)\C(F)=C/CI. The van der Waals surface area contributed by atoms with Crippen LogP contribution in [0.4, 0.5) is 14.5 Å². The molecule has 1 aromatic carbocycles. The Morgan fingerprint density at radius 2 is 2.17 bits per heavy atom. The fourth-order valence-electron chi connectivity index (χ4n) is 2.22. The first-order chi connectivity index (χ1) is 14.0. The fourth-order valence-corrected chi connectivity index (χ4v) is 2.61. The molecule has 7 nitrogen and oxygen atoms in total. The monoisotopic (exact) mass is 517 g/mol. The summed E-state index contributed by atoms with van der Waals surface area (Å²) in [5, 5.41) is 2.61. The van der Waals surface area contributed by atoms with Crippen molar-refractivity contribution in [3.63, 3.8) is 0 Å². The number of carbonyl (C=O) groups excluding carboxylic acids is 1. The van der Waals surface area contributed by atoms with Gasteiger partial charge in [0.1, 0.15) is 24.6 Å². The highest BCUT2D eigenvalue weighted by Gasteiger charge is 2.23. The first-order valence-corrected chi connectivity index (χ1v) is 9.78. The van der Waals surface area contributed by atoms with Crippen LogP contribution in [0.2, 0.25) is 0 Å². The second-order valence-electron chi connectivity index (χ2n) is 5.28. The second-order valence-corrected chi connectivity index (χ2v) is 6.16. The van der Waals surface area contributed by atoms with E-state index in [-0.39, 0.29) is 41.3 Å². The van der Waals surface area contributed by atoms with Gasteiger partial charge < -0.3 is 14.5 Å². The molecular weight excluding hydrogens is 499 g/mol. The number of nitrogens with zero attached hydrogens (tertiary/aromatic N) is 1. The Labute approximate surface area is 179 Å². The van der Waals surface area contributed by atoms with Gasteiger partial charge in [-0.1, -0.05) is 41.8 Å². The zero-order valence-corrected chi connectivity index (χ0v) is 17.4. The number of hydrogen-bond acceptors (Lipinski definition) is 6. The lowest BCUT2D eigenvalue weighted by Crippen LogP contribution is -2.26. The Kier molecular flexibility index (Phi) is 8.80. The molecular formula is C19H18F2IN3O4. The number of nitrogens with one attached hydrogen (secondary N) is 2. The molecule has 29 heavy (non-hydrogen) atoms. The molecule has 0 unspecified atom stereocenters. The van der Waals surface area contributed by atoms with Crippen molar-refractivity contribution in [2.45, 2.75) is 0 Å². The minimum absolute atomic E-state index is 0.0300. The van der Waals surface area contributed by atoms with Crippen molar-refractivity contribution >= 4 is 45.3 Å². The topological polar surface area (TPSA) is 85.6 Å². The van der Waals surface area contributed by atoms with E-state index in [1.54, 1.807) is 0 Å². The number of benzene rings is 1. The number of allylic oxidation sites excluding steroid dienone is 4. The predicted molar refractivity (Wildman–Crippen MR) is 114 cm³/mol. The number of hydroxylamine groups is 1. The lowest BCUT2D eigenvalue weighted by Gasteiger charge is -2.15. The molecule has 0 spiro atoms. The molecule has 2 N–H and O–H groups in total. The molecule has 0 saturated carbocycles. The maximum atomic E-state index is 15.0. The van der Waals surface area contributed by atoms with Crippen LogP contribution in [0.25, 0.3) is 11.1 Å². The number of ether oxygens (including phenoxy) is 1. The van der Waals surface area contributed by atoms with Crippen molar-refractivity contribution < 1.29 is 27.6 Å². The number of oxazole rings is 1. The number of rotatable bonds is 11. The maximum absolute atomic E-state index is 15.0. The smallest absolute Gasteiger partial charge is 0.277 e. The molecule has 10 heteroatoms. The molecule has 0 aliphatic heterocycles. The lowest BCUT2D eigenvalue weighted by molar-refractivity contribution is 0.0145. The molecule has 0 bridgehead atoms. The number of fused-ring (bicyclic) bond motifs is 1. The van der Waals surface area contributed by atoms with Crippen LogP contribution in [-0.4, -0.2) is 28.5 Å². The summed E-state index contributed by atoms with van der Waals surface area (Å²) in [7, 11) is 0. The van der Waals surface area contributed by atoms with E-state index >= 15 is 4.39 Å². The third kappa shape index (κ3) is 5.87. The Balaban J connectivity index is 2.39. The summed E-state index contributed by atoms with van der Waals surface area (Å²) in [5.41, 5.74) is 1.57. The standard InChI is InChI=1S/C19H18F2IN3O4/c1-3-5-14(13(20)6-7-22)24-17-12(19(26)25-29-9-8-27-4-2)10-15-18(16(17)21)23-11-28-15/h3-6,10-11,24H,1-2,7-9H2,(H,25,26)/b13-6+,14-5+. The van der Waals surface area contributed by atoms with E-state index in [2.05, 4.69) is 28.9 Å². The minimum atomic E-state index is -0.881. The molecule has 0 radical (unpaired) electrons. The number of hydrogen-bond donors (Lipinski definition) is 2. The molecule has 2 rings (SSSR count). The van der Waals surface area contributed by atoms with Crippen LogP contribution in [0.15, 0.2) is 66.0 Å². The molecule has 2 aromatic rings. The fraction of sp³-hybridized carbons (Fsp3) is 0.158. The maximum Gasteiger partial charge on any atom is 0.277 e.